The van der Waals surface area contributed by atoms with Crippen molar-refractivity contribution in [3.63, 3.8) is 0 Å². The highest BCUT2D eigenvalue weighted by atomic mass is 16.5. The van der Waals surface area contributed by atoms with E-state index in [0.717, 1.165) is 13.1 Å². The Labute approximate surface area is 78.5 Å². The third-order valence-corrected chi connectivity index (χ3v) is 2.32. The zero-order valence-corrected chi connectivity index (χ0v) is 8.19. The molecule has 1 heterocycles. The number of hydrogen-bond donors (Lipinski definition) is 1. The van der Waals surface area contributed by atoms with E-state index in [9.17, 15) is 4.79 Å². The van der Waals surface area contributed by atoms with Crippen LogP contribution in [0.1, 0.15) is 13.8 Å². The van der Waals surface area contributed by atoms with Gasteiger partial charge in [0.2, 0.25) is 0 Å². The molecule has 0 aromatic rings. The van der Waals surface area contributed by atoms with Crippen molar-refractivity contribution in [3.05, 3.63) is 0 Å². The maximum atomic E-state index is 11.0. The highest BCUT2D eigenvalue weighted by molar-refractivity contribution is 5.73. The molecule has 13 heavy (non-hydrogen) atoms. The average molecular weight is 187 g/mol. The van der Waals surface area contributed by atoms with E-state index in [4.69, 9.17) is 9.84 Å². The Kier molecular flexibility index (Phi) is 3.69. The largest absolute Gasteiger partial charge is 0.480 e. The van der Waals surface area contributed by atoms with E-state index in [-0.39, 0.29) is 12.0 Å². The molecule has 0 aromatic heterocycles. The summed E-state index contributed by atoms with van der Waals surface area (Å²) in [7, 11) is 0. The predicted molar refractivity (Wildman–Crippen MR) is 48.7 cm³/mol. The highest BCUT2D eigenvalue weighted by Crippen LogP contribution is 2.12. The number of carboxylic acids is 1. The first-order valence-corrected chi connectivity index (χ1v) is 4.67. The summed E-state index contributed by atoms with van der Waals surface area (Å²) >= 11 is 0. The van der Waals surface area contributed by atoms with Crippen molar-refractivity contribution in [1.82, 2.24) is 4.90 Å². The Balaban J connectivity index is 2.57. The van der Waals surface area contributed by atoms with Gasteiger partial charge in [0, 0.05) is 13.1 Å². The molecule has 0 spiro atoms. The van der Waals surface area contributed by atoms with Crippen LogP contribution < -0.4 is 0 Å². The lowest BCUT2D eigenvalue weighted by Crippen LogP contribution is -2.49. The second-order valence-electron chi connectivity index (χ2n) is 3.68. The number of morpholine rings is 1. The van der Waals surface area contributed by atoms with E-state index in [1.807, 2.05) is 18.7 Å². The van der Waals surface area contributed by atoms with Crippen LogP contribution in [0, 0.1) is 5.92 Å². The van der Waals surface area contributed by atoms with Gasteiger partial charge in [0.1, 0.15) is 6.04 Å². The van der Waals surface area contributed by atoms with Crippen LogP contribution >= 0.6 is 0 Å². The van der Waals surface area contributed by atoms with Crippen molar-refractivity contribution in [1.29, 1.82) is 0 Å². The topological polar surface area (TPSA) is 49.8 Å². The predicted octanol–water partition coefficient (Wildman–Crippen LogP) is 0.428. The van der Waals surface area contributed by atoms with E-state index < -0.39 is 5.97 Å². The molecule has 0 aliphatic carbocycles. The second kappa shape index (κ2) is 4.58. The molecule has 1 N–H and O–H groups in total. The summed E-state index contributed by atoms with van der Waals surface area (Å²) in [6, 6.07) is -0.358. The van der Waals surface area contributed by atoms with Crippen LogP contribution in [-0.2, 0) is 9.53 Å². The molecule has 1 fully saturated rings. The van der Waals surface area contributed by atoms with Crippen molar-refractivity contribution in [3.8, 4) is 0 Å². The molecule has 0 radical (unpaired) electrons. The van der Waals surface area contributed by atoms with Crippen molar-refractivity contribution >= 4 is 5.97 Å². The fraction of sp³-hybridized carbons (Fsp3) is 0.889. The van der Waals surface area contributed by atoms with Gasteiger partial charge in [-0.3, -0.25) is 9.69 Å². The fourth-order valence-corrected chi connectivity index (χ4v) is 1.72. The first-order chi connectivity index (χ1) is 6.13. The van der Waals surface area contributed by atoms with Crippen molar-refractivity contribution in [2.45, 2.75) is 19.9 Å². The SMILES string of the molecule is CC(C)[C@H](C(=O)O)N1CCOCC1. The smallest absolute Gasteiger partial charge is 0.321 e. The Morgan fingerprint density at radius 1 is 1.38 bits per heavy atom. The summed E-state index contributed by atoms with van der Waals surface area (Å²) in [5.74, 6) is -0.576. The summed E-state index contributed by atoms with van der Waals surface area (Å²) in [4.78, 5) is 12.9. The van der Waals surface area contributed by atoms with E-state index in [2.05, 4.69) is 0 Å². The van der Waals surface area contributed by atoms with Gasteiger partial charge in [-0.2, -0.15) is 0 Å². The molecule has 1 atom stereocenters. The Bertz CT molecular complexity index is 176. The van der Waals surface area contributed by atoms with Gasteiger partial charge < -0.3 is 9.84 Å². The standard InChI is InChI=1S/C9H17NO3/c1-7(2)8(9(11)12)10-3-5-13-6-4-10/h7-8H,3-6H2,1-2H3,(H,11,12)/t8-/m1/s1. The minimum atomic E-state index is -0.725. The van der Waals surface area contributed by atoms with Gasteiger partial charge in [0.25, 0.3) is 0 Å². The normalized spacial score (nSPS) is 21.8. The number of carbonyl (C=O) groups is 1. The van der Waals surface area contributed by atoms with Gasteiger partial charge in [-0.05, 0) is 5.92 Å². The average Bonchev–Trinajstić information content (AvgIpc) is 2.04. The van der Waals surface area contributed by atoms with E-state index in [1.54, 1.807) is 0 Å². The van der Waals surface area contributed by atoms with Crippen LogP contribution in [0.15, 0.2) is 0 Å². The fourth-order valence-electron chi connectivity index (χ4n) is 1.72. The van der Waals surface area contributed by atoms with Gasteiger partial charge in [-0.15, -0.1) is 0 Å². The summed E-state index contributed by atoms with van der Waals surface area (Å²) in [5, 5.41) is 9.01. The number of aliphatic carboxylic acids is 1. The Morgan fingerprint density at radius 2 is 1.92 bits per heavy atom. The Hall–Kier alpha value is -0.610. The van der Waals surface area contributed by atoms with Crippen molar-refractivity contribution in [2.75, 3.05) is 26.3 Å². The summed E-state index contributed by atoms with van der Waals surface area (Å²) in [6.07, 6.45) is 0. The van der Waals surface area contributed by atoms with E-state index in [0.29, 0.717) is 13.2 Å². The first-order valence-electron chi connectivity index (χ1n) is 4.67. The lowest BCUT2D eigenvalue weighted by molar-refractivity contribution is -0.147. The first kappa shape index (κ1) is 10.5. The molecule has 76 valence electrons. The van der Waals surface area contributed by atoms with Crippen LogP contribution in [0.3, 0.4) is 0 Å². The molecule has 0 unspecified atom stereocenters. The molecule has 0 aromatic carbocycles. The molecule has 4 heteroatoms. The monoisotopic (exact) mass is 187 g/mol. The van der Waals surface area contributed by atoms with Gasteiger partial charge in [-0.1, -0.05) is 13.8 Å². The van der Waals surface area contributed by atoms with Crippen molar-refractivity contribution in [2.24, 2.45) is 5.92 Å². The minimum absolute atomic E-state index is 0.149. The third-order valence-electron chi connectivity index (χ3n) is 2.32. The second-order valence-corrected chi connectivity index (χ2v) is 3.68. The quantitative estimate of drug-likeness (QED) is 0.696. The van der Waals surface area contributed by atoms with Crippen molar-refractivity contribution < 1.29 is 14.6 Å². The lowest BCUT2D eigenvalue weighted by atomic mass is 10.0. The minimum Gasteiger partial charge on any atom is -0.480 e. The van der Waals surface area contributed by atoms with Gasteiger partial charge in [0.15, 0.2) is 0 Å². The van der Waals surface area contributed by atoms with Crippen LogP contribution in [-0.4, -0.2) is 48.3 Å². The molecule has 1 aliphatic heterocycles. The van der Waals surface area contributed by atoms with Gasteiger partial charge in [0.05, 0.1) is 13.2 Å². The van der Waals surface area contributed by atoms with Gasteiger partial charge in [-0.25, -0.2) is 0 Å². The molecule has 0 bridgehead atoms. The molecular formula is C9H17NO3. The molecular weight excluding hydrogens is 170 g/mol. The molecule has 0 saturated carbocycles. The van der Waals surface area contributed by atoms with Crippen LogP contribution in [0.2, 0.25) is 0 Å². The molecule has 1 aliphatic rings. The Morgan fingerprint density at radius 3 is 2.31 bits per heavy atom. The number of hydrogen-bond acceptors (Lipinski definition) is 3. The molecule has 0 amide bonds. The maximum absolute atomic E-state index is 11.0. The maximum Gasteiger partial charge on any atom is 0.321 e. The van der Waals surface area contributed by atoms with Crippen LogP contribution in [0.25, 0.3) is 0 Å². The number of nitrogens with zero attached hydrogens (tertiary/aromatic N) is 1. The lowest BCUT2D eigenvalue weighted by Gasteiger charge is -2.33. The van der Waals surface area contributed by atoms with Crippen LogP contribution in [0.4, 0.5) is 0 Å². The highest BCUT2D eigenvalue weighted by Gasteiger charge is 2.29. The zero-order chi connectivity index (χ0) is 9.84. The third kappa shape index (κ3) is 2.67. The van der Waals surface area contributed by atoms with Gasteiger partial charge >= 0.3 is 5.97 Å². The number of ether oxygens (including phenoxy) is 1. The zero-order valence-electron chi connectivity index (χ0n) is 8.19. The summed E-state index contributed by atoms with van der Waals surface area (Å²) in [5.41, 5.74) is 0. The molecule has 4 nitrogen and oxygen atoms in total. The summed E-state index contributed by atoms with van der Waals surface area (Å²) < 4.78 is 5.17. The number of carboxylic acid groups (broad SMARTS) is 1. The molecule has 1 saturated heterocycles. The van der Waals surface area contributed by atoms with E-state index >= 15 is 0 Å². The number of rotatable bonds is 3. The summed E-state index contributed by atoms with van der Waals surface area (Å²) in [6.45, 7) is 6.64. The molecule has 1 rings (SSSR count). The van der Waals surface area contributed by atoms with Crippen LogP contribution in [0.5, 0.6) is 0 Å². The van der Waals surface area contributed by atoms with E-state index in [1.165, 1.54) is 0 Å².